The van der Waals surface area contributed by atoms with E-state index in [4.69, 9.17) is 4.52 Å². The van der Waals surface area contributed by atoms with Crippen LogP contribution in [-0.2, 0) is 4.79 Å². The number of rotatable bonds is 6. The number of aromatic nitrogens is 2. The van der Waals surface area contributed by atoms with Gasteiger partial charge < -0.3 is 15.2 Å². The number of nitrogens with one attached hydrogen (secondary N) is 2. The average Bonchev–Trinajstić information content (AvgIpc) is 3.24. The molecular weight excluding hydrogens is 454 g/mol. The van der Waals surface area contributed by atoms with E-state index in [1.54, 1.807) is 25.3 Å². The van der Waals surface area contributed by atoms with Crippen LogP contribution in [0.1, 0.15) is 53.0 Å². The molecule has 0 bridgehead atoms. The predicted octanol–water partition coefficient (Wildman–Crippen LogP) is 5.22. The Morgan fingerprint density at radius 2 is 1.74 bits per heavy atom. The molecule has 0 saturated heterocycles. The number of nitrogens with zero attached hydrogens (tertiary/aromatic N) is 2. The quantitative estimate of drug-likeness (QED) is 0.502. The molecule has 1 unspecified atom stereocenters. The van der Waals surface area contributed by atoms with E-state index in [9.17, 15) is 18.4 Å². The summed E-state index contributed by atoms with van der Waals surface area (Å²) in [7, 11) is 0. The largest absolute Gasteiger partial charge is 0.364 e. The maximum Gasteiger partial charge on any atom is 0.257 e. The summed E-state index contributed by atoms with van der Waals surface area (Å²) in [5, 5.41) is 9.26. The third kappa shape index (κ3) is 5.55. The van der Waals surface area contributed by atoms with Crippen molar-refractivity contribution in [1.82, 2.24) is 15.5 Å². The van der Waals surface area contributed by atoms with Crippen molar-refractivity contribution in [2.45, 2.75) is 58.4 Å². The Morgan fingerprint density at radius 1 is 1.06 bits per heavy atom. The van der Waals surface area contributed by atoms with Gasteiger partial charge in [0, 0.05) is 36.0 Å². The molecule has 1 atom stereocenters. The summed E-state index contributed by atoms with van der Waals surface area (Å²) < 4.78 is 32.3. The van der Waals surface area contributed by atoms with Gasteiger partial charge in [0.2, 0.25) is 11.8 Å². The molecule has 2 aromatic heterocycles. The second kappa shape index (κ2) is 9.93. The minimum Gasteiger partial charge on any atom is -0.364 e. The normalized spacial score (nSPS) is 16.5. The maximum atomic E-state index is 13.7. The first-order chi connectivity index (χ1) is 16.6. The topological polar surface area (TPSA) is 97.1 Å². The molecule has 1 aliphatic rings. The third-order valence-electron chi connectivity index (χ3n) is 6.59. The lowest BCUT2D eigenvalue weighted by Gasteiger charge is -2.33. The van der Waals surface area contributed by atoms with Gasteiger partial charge in [-0.05, 0) is 68.9 Å². The zero-order chi connectivity index (χ0) is 25.2. The molecule has 35 heavy (non-hydrogen) atoms. The second-order valence-electron chi connectivity index (χ2n) is 9.11. The van der Waals surface area contributed by atoms with Gasteiger partial charge in [-0.1, -0.05) is 17.3 Å². The summed E-state index contributed by atoms with van der Waals surface area (Å²) in [5.41, 5.74) is 5.12. The van der Waals surface area contributed by atoms with E-state index < -0.39 is 29.7 Å². The first-order valence-electron chi connectivity index (χ1n) is 11.6. The summed E-state index contributed by atoms with van der Waals surface area (Å²) in [4.78, 5) is 30.4. The average molecular weight is 483 g/mol. The molecule has 2 heterocycles. The lowest BCUT2D eigenvalue weighted by molar-refractivity contribution is -0.121. The van der Waals surface area contributed by atoms with Crippen molar-refractivity contribution >= 4 is 17.5 Å². The molecule has 0 radical (unpaired) electrons. The number of carbonyl (C=O) groups is 2. The Hall–Kier alpha value is -3.62. The van der Waals surface area contributed by atoms with Crippen molar-refractivity contribution in [1.29, 1.82) is 0 Å². The molecule has 3 aromatic rings. The van der Waals surface area contributed by atoms with Gasteiger partial charge in [0.1, 0.15) is 17.9 Å². The van der Waals surface area contributed by atoms with Crippen molar-refractivity contribution in [2.24, 2.45) is 5.92 Å². The van der Waals surface area contributed by atoms with Crippen LogP contribution in [0.15, 0.2) is 47.3 Å². The minimum absolute atomic E-state index is 0.131. The van der Waals surface area contributed by atoms with Crippen molar-refractivity contribution in [3.8, 4) is 11.1 Å². The Kier molecular flexibility index (Phi) is 6.95. The number of benzene rings is 1. The summed E-state index contributed by atoms with van der Waals surface area (Å²) in [5.74, 6) is -4.15. The smallest absolute Gasteiger partial charge is 0.257 e. The van der Waals surface area contributed by atoms with Gasteiger partial charge >= 0.3 is 0 Å². The summed E-state index contributed by atoms with van der Waals surface area (Å²) in [6.45, 7) is 5.57. The minimum atomic E-state index is -2.75. The lowest BCUT2D eigenvalue weighted by Crippen LogP contribution is -2.50. The van der Waals surface area contributed by atoms with E-state index >= 15 is 0 Å². The molecule has 1 fully saturated rings. The lowest BCUT2D eigenvalue weighted by atomic mass is 9.81. The molecule has 4 rings (SSSR count). The number of alkyl halides is 2. The van der Waals surface area contributed by atoms with Gasteiger partial charge in [0.25, 0.3) is 5.91 Å². The van der Waals surface area contributed by atoms with Crippen LogP contribution < -0.4 is 10.6 Å². The van der Waals surface area contributed by atoms with Gasteiger partial charge in [0.15, 0.2) is 0 Å². The van der Waals surface area contributed by atoms with Crippen molar-refractivity contribution in [2.75, 3.05) is 5.32 Å². The Bertz CT molecular complexity index is 1190. The van der Waals surface area contributed by atoms with Gasteiger partial charge in [-0.2, -0.15) is 0 Å². The van der Waals surface area contributed by atoms with Crippen LogP contribution in [0.5, 0.6) is 0 Å². The molecule has 184 valence electrons. The molecular formula is C26H28F2N4O3. The highest BCUT2D eigenvalue weighted by molar-refractivity contribution is 6.01. The van der Waals surface area contributed by atoms with E-state index in [2.05, 4.69) is 20.8 Å². The Morgan fingerprint density at radius 3 is 2.34 bits per heavy atom. The molecule has 1 aliphatic carbocycles. The second-order valence-corrected chi connectivity index (χ2v) is 9.11. The number of halogens is 2. The van der Waals surface area contributed by atoms with Crippen LogP contribution in [0.3, 0.4) is 0 Å². The Labute approximate surface area is 202 Å². The number of hydrogen-bond donors (Lipinski definition) is 2. The standard InChI is InChI=1S/C26H28F2N4O3/c1-15-10-13-29-17(3)22(15)18-4-6-20(7-5-18)30-25(34)23(19-8-11-26(27,28)12-9-19)31-24(33)21-14-35-32-16(21)2/h4-7,10,13-14,19,23H,8-9,11-12H2,1-3H3,(H,30,34)(H,31,33). The number of carbonyl (C=O) groups excluding carboxylic acids is 2. The van der Waals surface area contributed by atoms with Crippen molar-refractivity contribution in [3.05, 3.63) is 65.3 Å². The number of pyridine rings is 1. The zero-order valence-corrected chi connectivity index (χ0v) is 19.9. The zero-order valence-electron chi connectivity index (χ0n) is 19.9. The van der Waals surface area contributed by atoms with Crippen LogP contribution in [-0.4, -0.2) is 33.9 Å². The highest BCUT2D eigenvalue weighted by Crippen LogP contribution is 2.38. The highest BCUT2D eigenvalue weighted by Gasteiger charge is 2.40. The van der Waals surface area contributed by atoms with Crippen LogP contribution in [0.2, 0.25) is 0 Å². The van der Waals surface area contributed by atoms with Gasteiger partial charge in [0.05, 0.1) is 5.69 Å². The monoisotopic (exact) mass is 482 g/mol. The van der Waals surface area contributed by atoms with Gasteiger partial charge in [-0.3, -0.25) is 14.6 Å². The fourth-order valence-electron chi connectivity index (χ4n) is 4.59. The predicted molar refractivity (Wildman–Crippen MR) is 127 cm³/mol. The Balaban J connectivity index is 1.52. The first-order valence-corrected chi connectivity index (χ1v) is 11.6. The van der Waals surface area contributed by atoms with Gasteiger partial charge in [-0.15, -0.1) is 0 Å². The third-order valence-corrected chi connectivity index (χ3v) is 6.59. The summed E-state index contributed by atoms with van der Waals surface area (Å²) >= 11 is 0. The van der Waals surface area contributed by atoms with Crippen molar-refractivity contribution in [3.63, 3.8) is 0 Å². The number of hydrogen-bond acceptors (Lipinski definition) is 5. The van der Waals surface area contributed by atoms with Crippen LogP contribution in [0.25, 0.3) is 11.1 Å². The van der Waals surface area contributed by atoms with Crippen LogP contribution >= 0.6 is 0 Å². The molecule has 2 amide bonds. The van der Waals surface area contributed by atoms with E-state index in [1.807, 2.05) is 32.0 Å². The molecule has 0 aliphatic heterocycles. The molecule has 1 aromatic carbocycles. The van der Waals surface area contributed by atoms with Crippen LogP contribution in [0.4, 0.5) is 14.5 Å². The van der Waals surface area contributed by atoms with E-state index in [-0.39, 0.29) is 31.2 Å². The summed E-state index contributed by atoms with van der Waals surface area (Å²) in [6, 6.07) is 8.30. The fourth-order valence-corrected chi connectivity index (χ4v) is 4.59. The maximum absolute atomic E-state index is 13.7. The molecule has 1 saturated carbocycles. The molecule has 2 N–H and O–H groups in total. The van der Waals surface area contributed by atoms with E-state index in [0.29, 0.717) is 11.4 Å². The molecule has 0 spiro atoms. The number of aryl methyl sites for hydroxylation is 3. The van der Waals surface area contributed by atoms with Gasteiger partial charge in [-0.25, -0.2) is 8.78 Å². The van der Waals surface area contributed by atoms with Crippen molar-refractivity contribution < 1.29 is 22.9 Å². The fraction of sp³-hybridized carbons (Fsp3) is 0.385. The molecule has 7 nitrogen and oxygen atoms in total. The van der Waals surface area contributed by atoms with E-state index in [0.717, 1.165) is 22.4 Å². The number of amides is 2. The SMILES string of the molecule is Cc1ccnc(C)c1-c1ccc(NC(=O)C(NC(=O)c2conc2C)C2CCC(F)(F)CC2)cc1. The number of anilines is 1. The highest BCUT2D eigenvalue weighted by atomic mass is 19.3. The van der Waals surface area contributed by atoms with Crippen LogP contribution in [0, 0.1) is 26.7 Å². The first kappa shape index (κ1) is 24.5. The molecule has 9 heteroatoms. The van der Waals surface area contributed by atoms with E-state index in [1.165, 1.54) is 6.26 Å². The summed E-state index contributed by atoms with van der Waals surface area (Å²) in [6.07, 6.45) is 2.60.